The molecule has 0 aliphatic heterocycles. The predicted molar refractivity (Wildman–Crippen MR) is 28.6 cm³/mol. The van der Waals surface area contributed by atoms with E-state index >= 15 is 0 Å². The Morgan fingerprint density at radius 2 is 2.00 bits per heavy atom. The second-order valence-corrected chi connectivity index (χ2v) is 1.98. The Morgan fingerprint density at radius 1 is 1.50 bits per heavy atom. The molecule has 0 saturated carbocycles. The van der Waals surface area contributed by atoms with Gasteiger partial charge in [-0.25, -0.2) is 0 Å². The van der Waals surface area contributed by atoms with Crippen LogP contribution in [0.1, 0.15) is 6.92 Å². The monoisotopic (exact) mass is 158 g/mol. The first-order valence-corrected chi connectivity index (χ1v) is 2.74. The van der Waals surface area contributed by atoms with Crippen LogP contribution in [0, 0.1) is 0 Å². The second kappa shape index (κ2) is 3.78. The molecule has 0 aliphatic rings. The predicted octanol–water partition coefficient (Wildman–Crippen LogP) is 0.946. The average molecular weight is 158 g/mol. The molecule has 0 rings (SSSR count). The van der Waals surface area contributed by atoms with Crippen molar-refractivity contribution < 1.29 is 23.0 Å². The van der Waals surface area contributed by atoms with Gasteiger partial charge in [0.1, 0.15) is 6.61 Å². The molecule has 1 N–H and O–H groups in total. The van der Waals surface area contributed by atoms with E-state index in [0.29, 0.717) is 0 Å². The SMILES string of the molecule is C[C@@H](O)COCC(F)(F)F. The van der Waals surface area contributed by atoms with Gasteiger partial charge in [0.2, 0.25) is 0 Å². The lowest BCUT2D eigenvalue weighted by molar-refractivity contribution is -0.178. The zero-order valence-electron chi connectivity index (χ0n) is 5.48. The molecular formula is C5H9F3O2. The highest BCUT2D eigenvalue weighted by molar-refractivity contribution is 4.47. The van der Waals surface area contributed by atoms with Crippen molar-refractivity contribution in [2.45, 2.75) is 19.2 Å². The van der Waals surface area contributed by atoms with Crippen LogP contribution in [0.25, 0.3) is 0 Å². The van der Waals surface area contributed by atoms with Crippen molar-refractivity contribution in [3.63, 3.8) is 0 Å². The molecule has 0 saturated heterocycles. The highest BCUT2D eigenvalue weighted by atomic mass is 19.4. The summed E-state index contributed by atoms with van der Waals surface area (Å²) in [6.45, 7) is -0.214. The fourth-order valence-corrected chi connectivity index (χ4v) is 0.345. The van der Waals surface area contributed by atoms with Crippen molar-refractivity contribution >= 4 is 0 Å². The summed E-state index contributed by atoms with van der Waals surface area (Å²) >= 11 is 0. The molecule has 0 aromatic heterocycles. The highest BCUT2D eigenvalue weighted by Gasteiger charge is 2.27. The van der Waals surface area contributed by atoms with Crippen LogP contribution in [0.5, 0.6) is 0 Å². The standard InChI is InChI=1S/C5H9F3O2/c1-4(9)2-10-3-5(6,7)8/h4,9H,2-3H2,1H3/t4-/m1/s1. The molecule has 0 spiro atoms. The van der Waals surface area contributed by atoms with Gasteiger partial charge in [0, 0.05) is 0 Å². The van der Waals surface area contributed by atoms with E-state index in [4.69, 9.17) is 5.11 Å². The third-order valence-electron chi connectivity index (χ3n) is 0.625. The fourth-order valence-electron chi connectivity index (χ4n) is 0.345. The Labute approximate surface area is 56.6 Å². The number of hydrogen-bond acceptors (Lipinski definition) is 2. The molecule has 0 radical (unpaired) electrons. The van der Waals surface area contributed by atoms with E-state index in [9.17, 15) is 13.2 Å². The van der Waals surface area contributed by atoms with Crippen molar-refractivity contribution in [1.29, 1.82) is 0 Å². The fraction of sp³-hybridized carbons (Fsp3) is 1.00. The minimum Gasteiger partial charge on any atom is -0.391 e. The van der Waals surface area contributed by atoms with Gasteiger partial charge in [-0.15, -0.1) is 0 Å². The van der Waals surface area contributed by atoms with Gasteiger partial charge < -0.3 is 9.84 Å². The number of rotatable bonds is 3. The molecule has 0 aromatic carbocycles. The first-order valence-electron chi connectivity index (χ1n) is 2.74. The smallest absolute Gasteiger partial charge is 0.391 e. The summed E-state index contributed by atoms with van der Waals surface area (Å²) < 4.78 is 38.0. The normalized spacial score (nSPS) is 15.3. The van der Waals surface area contributed by atoms with Crippen molar-refractivity contribution in [2.75, 3.05) is 13.2 Å². The summed E-state index contributed by atoms with van der Waals surface area (Å²) in [5.41, 5.74) is 0. The summed E-state index contributed by atoms with van der Waals surface area (Å²) in [6.07, 6.45) is -5.14. The number of ether oxygens (including phenoxy) is 1. The quantitative estimate of drug-likeness (QED) is 0.662. The summed E-state index contributed by atoms with van der Waals surface area (Å²) in [4.78, 5) is 0. The summed E-state index contributed by atoms with van der Waals surface area (Å²) in [6, 6.07) is 0. The van der Waals surface area contributed by atoms with Crippen molar-refractivity contribution in [2.24, 2.45) is 0 Å². The first-order chi connectivity index (χ1) is 4.42. The van der Waals surface area contributed by atoms with Gasteiger partial charge >= 0.3 is 6.18 Å². The van der Waals surface area contributed by atoms with E-state index in [-0.39, 0.29) is 6.61 Å². The molecule has 1 atom stereocenters. The van der Waals surface area contributed by atoms with Crippen LogP contribution in [0.3, 0.4) is 0 Å². The largest absolute Gasteiger partial charge is 0.411 e. The number of aliphatic hydroxyl groups excluding tert-OH is 1. The van der Waals surface area contributed by atoms with E-state index in [1.165, 1.54) is 6.92 Å². The van der Waals surface area contributed by atoms with E-state index in [2.05, 4.69) is 4.74 Å². The number of alkyl halides is 3. The maximum absolute atomic E-state index is 11.3. The molecule has 0 aliphatic carbocycles. The molecule has 0 amide bonds. The molecular weight excluding hydrogens is 149 g/mol. The molecule has 10 heavy (non-hydrogen) atoms. The summed E-state index contributed by atoms with van der Waals surface area (Å²) in [7, 11) is 0. The molecule has 0 fully saturated rings. The minimum atomic E-state index is -4.30. The Morgan fingerprint density at radius 3 is 2.30 bits per heavy atom. The van der Waals surface area contributed by atoms with Crippen LogP contribution in [0.2, 0.25) is 0 Å². The molecule has 2 nitrogen and oxygen atoms in total. The Hall–Kier alpha value is -0.290. The minimum absolute atomic E-state index is 0.278. The van der Waals surface area contributed by atoms with Crippen molar-refractivity contribution in [1.82, 2.24) is 0 Å². The Balaban J connectivity index is 3.21. The summed E-state index contributed by atoms with van der Waals surface area (Å²) in [5.74, 6) is 0. The maximum Gasteiger partial charge on any atom is 0.411 e. The number of aliphatic hydroxyl groups is 1. The van der Waals surface area contributed by atoms with Crippen LogP contribution in [0.4, 0.5) is 13.2 Å². The van der Waals surface area contributed by atoms with Crippen molar-refractivity contribution in [3.05, 3.63) is 0 Å². The van der Waals surface area contributed by atoms with Gasteiger partial charge in [-0.3, -0.25) is 0 Å². The maximum atomic E-state index is 11.3. The summed E-state index contributed by atoms with van der Waals surface area (Å²) in [5, 5.41) is 8.46. The van der Waals surface area contributed by atoms with Gasteiger partial charge in [0.25, 0.3) is 0 Å². The molecule has 0 bridgehead atoms. The zero-order chi connectivity index (χ0) is 8.20. The molecule has 0 heterocycles. The average Bonchev–Trinajstić information content (AvgIpc) is 1.59. The van der Waals surface area contributed by atoms with Gasteiger partial charge in [-0.2, -0.15) is 13.2 Å². The van der Waals surface area contributed by atoms with Gasteiger partial charge in [-0.05, 0) is 6.92 Å². The second-order valence-electron chi connectivity index (χ2n) is 1.98. The van der Waals surface area contributed by atoms with Crippen LogP contribution in [-0.2, 0) is 4.74 Å². The third kappa shape index (κ3) is 7.71. The van der Waals surface area contributed by atoms with E-state index < -0.39 is 18.9 Å². The number of hydrogen-bond donors (Lipinski definition) is 1. The third-order valence-corrected chi connectivity index (χ3v) is 0.625. The van der Waals surface area contributed by atoms with E-state index in [1.807, 2.05) is 0 Å². The zero-order valence-corrected chi connectivity index (χ0v) is 5.48. The van der Waals surface area contributed by atoms with Crippen molar-refractivity contribution in [3.8, 4) is 0 Å². The highest BCUT2D eigenvalue weighted by Crippen LogP contribution is 2.14. The van der Waals surface area contributed by atoms with Crippen LogP contribution in [-0.4, -0.2) is 30.6 Å². The van der Waals surface area contributed by atoms with E-state index in [1.54, 1.807) is 0 Å². The van der Waals surface area contributed by atoms with Gasteiger partial charge in [-0.1, -0.05) is 0 Å². The molecule has 0 aromatic rings. The number of halogens is 3. The van der Waals surface area contributed by atoms with Crippen LogP contribution in [0.15, 0.2) is 0 Å². The lowest BCUT2D eigenvalue weighted by Gasteiger charge is -2.08. The molecule has 0 unspecified atom stereocenters. The molecule has 5 heteroatoms. The Bertz CT molecular complexity index is 89.4. The lowest BCUT2D eigenvalue weighted by atomic mass is 10.4. The van der Waals surface area contributed by atoms with E-state index in [0.717, 1.165) is 0 Å². The van der Waals surface area contributed by atoms with Crippen LogP contribution >= 0.6 is 0 Å². The topological polar surface area (TPSA) is 29.5 Å². The molecule has 62 valence electrons. The van der Waals surface area contributed by atoms with Gasteiger partial charge in [0.15, 0.2) is 0 Å². The van der Waals surface area contributed by atoms with Gasteiger partial charge in [0.05, 0.1) is 12.7 Å². The van der Waals surface area contributed by atoms with Crippen LogP contribution < -0.4 is 0 Å². The Kier molecular flexibility index (Phi) is 3.67. The first kappa shape index (κ1) is 9.71. The lowest BCUT2D eigenvalue weighted by Crippen LogP contribution is -2.21.